The van der Waals surface area contributed by atoms with Crippen LogP contribution < -0.4 is 16.0 Å². The molecule has 6 heteroatoms. The van der Waals surface area contributed by atoms with Gasteiger partial charge in [0.1, 0.15) is 0 Å². The fraction of sp³-hybridized carbons (Fsp3) is 0.182. The SMILES string of the molecule is CC(CCc1ccccc1)NC(=O)Nc1cccc(NC(=O)c2cccs2)c1. The molecule has 0 saturated heterocycles. The van der Waals surface area contributed by atoms with Gasteiger partial charge in [0.2, 0.25) is 0 Å². The van der Waals surface area contributed by atoms with Crippen LogP contribution in [-0.2, 0) is 6.42 Å². The number of carbonyl (C=O) groups excluding carboxylic acids is 2. The van der Waals surface area contributed by atoms with Crippen molar-refractivity contribution in [3.63, 3.8) is 0 Å². The number of urea groups is 1. The summed E-state index contributed by atoms with van der Waals surface area (Å²) >= 11 is 1.38. The first-order valence-electron chi connectivity index (χ1n) is 9.16. The molecule has 1 aromatic heterocycles. The predicted molar refractivity (Wildman–Crippen MR) is 115 cm³/mol. The van der Waals surface area contributed by atoms with Gasteiger partial charge in [-0.1, -0.05) is 42.5 Å². The van der Waals surface area contributed by atoms with Gasteiger partial charge >= 0.3 is 6.03 Å². The molecule has 3 N–H and O–H groups in total. The number of amides is 3. The van der Waals surface area contributed by atoms with Crippen LogP contribution in [0.3, 0.4) is 0 Å². The minimum absolute atomic E-state index is 0.0434. The van der Waals surface area contributed by atoms with E-state index in [1.807, 2.05) is 36.6 Å². The topological polar surface area (TPSA) is 70.2 Å². The molecule has 0 aliphatic heterocycles. The maximum Gasteiger partial charge on any atom is 0.319 e. The fourth-order valence-corrected chi connectivity index (χ4v) is 3.39. The molecular weight excluding hydrogens is 370 g/mol. The summed E-state index contributed by atoms with van der Waals surface area (Å²) in [6.07, 6.45) is 1.76. The Hall–Kier alpha value is -3.12. The van der Waals surface area contributed by atoms with Crippen LogP contribution in [0.4, 0.5) is 16.2 Å². The van der Waals surface area contributed by atoms with Crippen LogP contribution in [0, 0.1) is 0 Å². The average Bonchev–Trinajstić information content (AvgIpc) is 3.22. The molecule has 3 amide bonds. The number of nitrogens with one attached hydrogen (secondary N) is 3. The van der Waals surface area contributed by atoms with Crippen LogP contribution >= 0.6 is 11.3 Å². The Bertz CT molecular complexity index is 911. The molecule has 3 rings (SSSR count). The number of benzene rings is 2. The van der Waals surface area contributed by atoms with Crippen molar-refractivity contribution in [1.29, 1.82) is 0 Å². The Morgan fingerprint density at radius 3 is 2.39 bits per heavy atom. The van der Waals surface area contributed by atoms with E-state index in [-0.39, 0.29) is 18.0 Å². The van der Waals surface area contributed by atoms with E-state index in [4.69, 9.17) is 0 Å². The van der Waals surface area contributed by atoms with Crippen LogP contribution in [0.15, 0.2) is 72.1 Å². The van der Waals surface area contributed by atoms with Gasteiger partial charge in [0, 0.05) is 17.4 Å². The van der Waals surface area contributed by atoms with Gasteiger partial charge in [0.25, 0.3) is 5.91 Å². The lowest BCUT2D eigenvalue weighted by atomic mass is 10.1. The Labute approximate surface area is 168 Å². The molecule has 5 nitrogen and oxygen atoms in total. The van der Waals surface area contributed by atoms with Crippen molar-refractivity contribution in [2.24, 2.45) is 0 Å². The van der Waals surface area contributed by atoms with E-state index in [0.717, 1.165) is 12.8 Å². The molecule has 1 unspecified atom stereocenters. The van der Waals surface area contributed by atoms with Gasteiger partial charge in [0.05, 0.1) is 4.88 Å². The number of carbonyl (C=O) groups is 2. The molecule has 0 bridgehead atoms. The van der Waals surface area contributed by atoms with Crippen molar-refractivity contribution in [2.75, 3.05) is 10.6 Å². The molecule has 1 heterocycles. The van der Waals surface area contributed by atoms with Gasteiger partial charge in [0.15, 0.2) is 0 Å². The molecular formula is C22H23N3O2S. The Kier molecular flexibility index (Phi) is 6.81. The summed E-state index contributed by atoms with van der Waals surface area (Å²) < 4.78 is 0. The molecule has 3 aromatic rings. The van der Waals surface area contributed by atoms with Crippen LogP contribution in [0.25, 0.3) is 0 Å². The van der Waals surface area contributed by atoms with Crippen LogP contribution in [0.2, 0.25) is 0 Å². The number of anilines is 2. The first kappa shape index (κ1) is 19.6. The Morgan fingerprint density at radius 2 is 1.68 bits per heavy atom. The van der Waals surface area contributed by atoms with E-state index in [9.17, 15) is 9.59 Å². The summed E-state index contributed by atoms with van der Waals surface area (Å²) in [4.78, 5) is 25.0. The zero-order valence-corrected chi connectivity index (χ0v) is 16.5. The normalized spacial score (nSPS) is 11.5. The van der Waals surface area contributed by atoms with Crippen LogP contribution in [-0.4, -0.2) is 18.0 Å². The number of hydrogen-bond acceptors (Lipinski definition) is 3. The van der Waals surface area contributed by atoms with E-state index >= 15 is 0 Å². The van der Waals surface area contributed by atoms with Gasteiger partial charge in [-0.2, -0.15) is 0 Å². The molecule has 144 valence electrons. The van der Waals surface area contributed by atoms with Gasteiger partial charge in [-0.3, -0.25) is 4.79 Å². The molecule has 0 spiro atoms. The number of hydrogen-bond donors (Lipinski definition) is 3. The summed E-state index contributed by atoms with van der Waals surface area (Å²) in [5.74, 6) is -0.161. The smallest absolute Gasteiger partial charge is 0.319 e. The second kappa shape index (κ2) is 9.71. The summed E-state index contributed by atoms with van der Waals surface area (Å²) in [6, 6.07) is 20.7. The van der Waals surface area contributed by atoms with Crippen molar-refractivity contribution in [2.45, 2.75) is 25.8 Å². The number of thiophene rings is 1. The minimum atomic E-state index is -0.262. The maximum atomic E-state index is 12.2. The van der Waals surface area contributed by atoms with Crippen molar-refractivity contribution in [3.05, 3.63) is 82.6 Å². The van der Waals surface area contributed by atoms with E-state index < -0.39 is 0 Å². The lowest BCUT2D eigenvalue weighted by molar-refractivity contribution is 0.103. The lowest BCUT2D eigenvalue weighted by Crippen LogP contribution is -2.36. The largest absolute Gasteiger partial charge is 0.335 e. The van der Waals surface area contributed by atoms with Crippen LogP contribution in [0.1, 0.15) is 28.6 Å². The monoisotopic (exact) mass is 393 g/mol. The maximum absolute atomic E-state index is 12.2. The standard InChI is InChI=1S/C22H23N3O2S/c1-16(12-13-17-7-3-2-4-8-17)23-22(27)25-19-10-5-9-18(15-19)24-21(26)20-11-6-14-28-20/h2-11,14-16H,12-13H2,1H3,(H,24,26)(H2,23,25,27). The van der Waals surface area contributed by atoms with E-state index in [1.54, 1.807) is 30.3 Å². The number of aryl methyl sites for hydroxylation is 1. The molecule has 0 fully saturated rings. The fourth-order valence-electron chi connectivity index (χ4n) is 2.77. The average molecular weight is 394 g/mol. The van der Waals surface area contributed by atoms with Crippen molar-refractivity contribution in [3.8, 4) is 0 Å². The summed E-state index contributed by atoms with van der Waals surface area (Å²) in [6.45, 7) is 1.99. The second-order valence-corrected chi connectivity index (χ2v) is 7.48. The molecule has 1 atom stereocenters. The summed E-state index contributed by atoms with van der Waals surface area (Å²) in [5, 5.41) is 10.5. The molecule has 0 aliphatic carbocycles. The second-order valence-electron chi connectivity index (χ2n) is 6.54. The Balaban J connectivity index is 1.49. The highest BCUT2D eigenvalue weighted by Gasteiger charge is 2.10. The van der Waals surface area contributed by atoms with Gasteiger partial charge in [-0.05, 0) is 55.0 Å². The molecule has 0 saturated carbocycles. The van der Waals surface area contributed by atoms with Gasteiger partial charge < -0.3 is 16.0 Å². The zero-order chi connectivity index (χ0) is 19.8. The lowest BCUT2D eigenvalue weighted by Gasteiger charge is -2.15. The third kappa shape index (κ3) is 5.96. The molecule has 0 aliphatic rings. The highest BCUT2D eigenvalue weighted by molar-refractivity contribution is 7.12. The summed E-state index contributed by atoms with van der Waals surface area (Å²) in [5.41, 5.74) is 2.51. The van der Waals surface area contributed by atoms with Crippen molar-refractivity contribution >= 4 is 34.6 Å². The Morgan fingerprint density at radius 1 is 0.929 bits per heavy atom. The van der Waals surface area contributed by atoms with Crippen molar-refractivity contribution in [1.82, 2.24) is 5.32 Å². The third-order valence-electron chi connectivity index (χ3n) is 4.21. The first-order chi connectivity index (χ1) is 13.6. The van der Waals surface area contributed by atoms with E-state index in [2.05, 4.69) is 28.1 Å². The first-order valence-corrected chi connectivity index (χ1v) is 10.0. The minimum Gasteiger partial charge on any atom is -0.335 e. The summed E-state index contributed by atoms with van der Waals surface area (Å²) in [7, 11) is 0. The highest BCUT2D eigenvalue weighted by Crippen LogP contribution is 2.17. The third-order valence-corrected chi connectivity index (χ3v) is 5.08. The predicted octanol–water partition coefficient (Wildman–Crippen LogP) is 5.14. The molecule has 0 radical (unpaired) electrons. The zero-order valence-electron chi connectivity index (χ0n) is 15.6. The van der Waals surface area contributed by atoms with E-state index in [0.29, 0.717) is 16.3 Å². The van der Waals surface area contributed by atoms with Gasteiger partial charge in [-0.25, -0.2) is 4.79 Å². The van der Waals surface area contributed by atoms with E-state index in [1.165, 1.54) is 16.9 Å². The quantitative estimate of drug-likeness (QED) is 0.520. The van der Waals surface area contributed by atoms with Crippen molar-refractivity contribution < 1.29 is 9.59 Å². The highest BCUT2D eigenvalue weighted by atomic mass is 32.1. The number of rotatable bonds is 7. The van der Waals surface area contributed by atoms with Gasteiger partial charge in [-0.15, -0.1) is 11.3 Å². The molecule has 2 aromatic carbocycles. The van der Waals surface area contributed by atoms with Crippen LogP contribution in [0.5, 0.6) is 0 Å². The molecule has 28 heavy (non-hydrogen) atoms.